The maximum Gasteiger partial charge on any atom is 0.248 e. The van der Waals surface area contributed by atoms with Crippen LogP contribution in [0.2, 0.25) is 0 Å². The van der Waals surface area contributed by atoms with E-state index in [9.17, 15) is 25.2 Å². The predicted molar refractivity (Wildman–Crippen MR) is 286 cm³/mol. The third-order valence-corrected chi connectivity index (χ3v) is 18.0. The number of aromatic nitrogens is 8. The number of anilines is 4. The van der Waals surface area contributed by atoms with Crippen molar-refractivity contribution in [2.24, 2.45) is 17.8 Å². The van der Waals surface area contributed by atoms with Crippen molar-refractivity contribution in [2.45, 2.75) is 134 Å². The number of amides is 1. The standard InChI is InChI=1S/C52H67N13O8S2/c1-26-36(46-60-38-28(3)53-17-12-33(38)74-46)43(62-49(58-26)56-25-51(71-6)14-7-8-15-51)59-32-21-31(50(4,5)69)40(67)41(32)73-45-39-34(13-18-54-45)75-47(61-39)37-27(2)57-48(55-22-29-9-10-29)63-44(37)64-52(70)16-11-30(42(52)68)23-65-19-20-72-24-35(65)66/h12-13,17-18,29-32,40-42,67-70H,7-11,14-16,19-25H2,1-6H3,(H2,55,57,63,64)(H2,56,58,59,62). The second-order valence-corrected chi connectivity index (χ2v) is 23.8. The largest absolute Gasteiger partial charge is 0.468 e. The molecule has 1 amide bonds. The summed E-state index contributed by atoms with van der Waals surface area (Å²) in [6, 6.07) is 3.17. The minimum Gasteiger partial charge on any atom is -0.468 e. The number of carbonyl (C=O) groups is 1. The number of morpholine rings is 1. The van der Waals surface area contributed by atoms with Gasteiger partial charge in [0.1, 0.15) is 51.5 Å². The average Bonchev–Trinajstić information content (AvgIpc) is 3.72. The van der Waals surface area contributed by atoms with Crippen LogP contribution >= 0.6 is 22.7 Å². The van der Waals surface area contributed by atoms with Crippen LogP contribution in [0.1, 0.15) is 88.7 Å². The number of aryl methyl sites for hydroxylation is 3. The van der Waals surface area contributed by atoms with Gasteiger partial charge in [-0.3, -0.25) is 9.78 Å². The molecule has 5 aliphatic rings. The van der Waals surface area contributed by atoms with E-state index in [0.717, 1.165) is 59.1 Å². The van der Waals surface area contributed by atoms with Crippen molar-refractivity contribution in [3.05, 3.63) is 41.6 Å². The van der Waals surface area contributed by atoms with Gasteiger partial charge in [-0.15, -0.1) is 22.7 Å². The molecule has 11 rings (SSSR count). The predicted octanol–water partition coefficient (Wildman–Crippen LogP) is 5.84. The molecule has 75 heavy (non-hydrogen) atoms. The summed E-state index contributed by atoms with van der Waals surface area (Å²) >= 11 is 2.88. The molecule has 7 unspecified atom stereocenters. The summed E-state index contributed by atoms with van der Waals surface area (Å²) in [5, 5.41) is 62.8. The van der Waals surface area contributed by atoms with Crippen LogP contribution in [0.15, 0.2) is 24.5 Å². The second kappa shape index (κ2) is 20.4. The van der Waals surface area contributed by atoms with Crippen LogP contribution in [0.25, 0.3) is 41.6 Å². The van der Waals surface area contributed by atoms with Crippen LogP contribution < -0.4 is 26.0 Å². The minimum absolute atomic E-state index is 0.00119. The number of aliphatic hydroxyl groups excluding tert-OH is 2. The molecule has 4 saturated carbocycles. The summed E-state index contributed by atoms with van der Waals surface area (Å²) < 4.78 is 19.9. The molecule has 6 aromatic rings. The van der Waals surface area contributed by atoms with E-state index in [1.807, 2.05) is 32.9 Å². The molecule has 0 aromatic carbocycles. The lowest BCUT2D eigenvalue weighted by Gasteiger charge is -2.34. The molecule has 5 fully saturated rings. The Morgan fingerprint density at radius 1 is 0.853 bits per heavy atom. The zero-order chi connectivity index (χ0) is 52.4. The molecule has 21 nitrogen and oxygen atoms in total. The number of rotatable bonds is 18. The lowest BCUT2D eigenvalue weighted by atomic mass is 9.88. The molecule has 0 radical (unpaired) electrons. The molecule has 0 bridgehead atoms. The van der Waals surface area contributed by atoms with Crippen molar-refractivity contribution < 1.29 is 39.4 Å². The number of nitrogens with zero attached hydrogens (tertiary/aromatic N) is 9. The first kappa shape index (κ1) is 51.6. The molecule has 0 spiro atoms. The molecule has 1 aliphatic heterocycles. The summed E-state index contributed by atoms with van der Waals surface area (Å²) in [7, 11) is 1.75. The number of fused-ring (bicyclic) bond motifs is 2. The van der Waals surface area contributed by atoms with E-state index in [1.165, 1.54) is 22.7 Å². The lowest BCUT2D eigenvalue weighted by molar-refractivity contribution is -0.144. The summed E-state index contributed by atoms with van der Waals surface area (Å²) in [4.78, 5) is 53.6. The minimum atomic E-state index is -1.78. The highest BCUT2D eigenvalue weighted by Crippen LogP contribution is 2.45. The van der Waals surface area contributed by atoms with E-state index in [1.54, 1.807) is 38.3 Å². The fraction of sp³-hybridized carbons (Fsp3) is 0.596. The number of hydrogen-bond donors (Lipinski definition) is 8. The van der Waals surface area contributed by atoms with Crippen molar-refractivity contribution in [3.63, 3.8) is 0 Å². The Bertz CT molecular complexity index is 3090. The van der Waals surface area contributed by atoms with Crippen LogP contribution in [0.5, 0.6) is 5.88 Å². The first-order chi connectivity index (χ1) is 36.0. The van der Waals surface area contributed by atoms with Crippen molar-refractivity contribution in [1.82, 2.24) is 44.8 Å². The number of thiazole rings is 2. The van der Waals surface area contributed by atoms with Crippen molar-refractivity contribution in [2.75, 3.05) is 67.8 Å². The number of nitrogens with one attached hydrogen (secondary N) is 4. The van der Waals surface area contributed by atoms with Gasteiger partial charge in [0.15, 0.2) is 5.72 Å². The topological polar surface area (TPSA) is 280 Å². The highest BCUT2D eigenvalue weighted by molar-refractivity contribution is 7.22. The number of hydrogen-bond acceptors (Lipinski definition) is 22. The summed E-state index contributed by atoms with van der Waals surface area (Å²) in [6.45, 7) is 11.5. The molecule has 7 atom stereocenters. The normalized spacial score (nSPS) is 25.9. The Morgan fingerprint density at radius 2 is 1.52 bits per heavy atom. The number of carbonyl (C=O) groups excluding carboxylic acids is 1. The Hall–Kier alpha value is -5.53. The molecule has 8 N–H and O–H groups in total. The summed E-state index contributed by atoms with van der Waals surface area (Å²) in [5.74, 6) is 1.11. The van der Waals surface area contributed by atoms with E-state index in [-0.39, 0.29) is 42.2 Å². The molecule has 4 aliphatic carbocycles. The first-order valence-corrected chi connectivity index (χ1v) is 27.8. The van der Waals surface area contributed by atoms with E-state index in [0.29, 0.717) is 107 Å². The van der Waals surface area contributed by atoms with Gasteiger partial charge in [0.25, 0.3) is 0 Å². The third kappa shape index (κ3) is 10.4. The maximum absolute atomic E-state index is 12.6. The number of pyridine rings is 2. The van der Waals surface area contributed by atoms with Crippen molar-refractivity contribution in [1.29, 1.82) is 0 Å². The molecular weight excluding hydrogens is 999 g/mol. The first-order valence-electron chi connectivity index (χ1n) is 26.1. The smallest absolute Gasteiger partial charge is 0.248 e. The van der Waals surface area contributed by atoms with Gasteiger partial charge in [0.05, 0.1) is 67.6 Å². The van der Waals surface area contributed by atoms with Crippen molar-refractivity contribution >= 4 is 72.5 Å². The van der Waals surface area contributed by atoms with Crippen LogP contribution in [0, 0.1) is 38.5 Å². The zero-order valence-corrected chi connectivity index (χ0v) is 44.9. The van der Waals surface area contributed by atoms with Gasteiger partial charge in [-0.2, -0.15) is 9.97 Å². The highest BCUT2D eigenvalue weighted by Gasteiger charge is 2.51. The van der Waals surface area contributed by atoms with Gasteiger partial charge in [0, 0.05) is 57.5 Å². The van der Waals surface area contributed by atoms with Gasteiger partial charge >= 0.3 is 0 Å². The van der Waals surface area contributed by atoms with Crippen LogP contribution in [-0.2, 0) is 14.3 Å². The van der Waals surface area contributed by atoms with E-state index < -0.39 is 41.6 Å². The SMILES string of the molecule is COC1(CNc2nc(C)c(-c3nc4c(C)nccc4s3)c(NC3CC(C(C)(C)O)C(O)C3Oc3nccc4sc(-c5c(C)nc(NCC6CC6)nc5NC5(O)CCC(CN6CCOCC6=O)C5O)nc34)n2)CCCC1. The third-order valence-electron chi connectivity index (χ3n) is 16.0. The van der Waals surface area contributed by atoms with E-state index in [4.69, 9.17) is 49.1 Å². The molecule has 7 heterocycles. The molecule has 23 heteroatoms. The summed E-state index contributed by atoms with van der Waals surface area (Å²) in [5.41, 5.74) is 1.11. The lowest BCUT2D eigenvalue weighted by Crippen LogP contribution is -2.51. The van der Waals surface area contributed by atoms with Gasteiger partial charge in [0.2, 0.25) is 23.7 Å². The molecule has 1 saturated heterocycles. The van der Waals surface area contributed by atoms with Crippen LogP contribution in [0.3, 0.4) is 0 Å². The monoisotopic (exact) mass is 1070 g/mol. The number of ether oxygens (including phenoxy) is 3. The second-order valence-electron chi connectivity index (χ2n) is 21.7. The maximum atomic E-state index is 12.6. The zero-order valence-electron chi connectivity index (χ0n) is 43.2. The number of methoxy groups -OCH3 is 1. The fourth-order valence-corrected chi connectivity index (χ4v) is 13.5. The Labute approximate surface area is 442 Å². The summed E-state index contributed by atoms with van der Waals surface area (Å²) in [6.07, 6.45) is 7.33. The van der Waals surface area contributed by atoms with E-state index in [2.05, 4.69) is 26.3 Å². The fourth-order valence-electron chi connectivity index (χ4n) is 11.4. The van der Waals surface area contributed by atoms with Gasteiger partial charge < -0.3 is 60.8 Å². The Balaban J connectivity index is 0.928. The van der Waals surface area contributed by atoms with E-state index >= 15 is 0 Å². The van der Waals surface area contributed by atoms with Gasteiger partial charge in [-0.25, -0.2) is 24.9 Å². The quantitative estimate of drug-likeness (QED) is 0.0470. The molecule has 6 aromatic heterocycles. The molecular formula is C52H67N13O8S2. The molecule has 400 valence electrons. The highest BCUT2D eigenvalue weighted by atomic mass is 32.1. The van der Waals surface area contributed by atoms with Gasteiger partial charge in [-0.05, 0) is 97.6 Å². The van der Waals surface area contributed by atoms with Crippen LogP contribution in [0.4, 0.5) is 23.5 Å². The Kier molecular flexibility index (Phi) is 14.1. The van der Waals surface area contributed by atoms with Crippen LogP contribution in [-0.4, -0.2) is 159 Å². The number of aliphatic hydroxyl groups is 4. The van der Waals surface area contributed by atoms with Crippen molar-refractivity contribution in [3.8, 4) is 27.0 Å². The van der Waals surface area contributed by atoms with Gasteiger partial charge in [-0.1, -0.05) is 12.8 Å². The Morgan fingerprint density at radius 3 is 2.20 bits per heavy atom. The average molecular weight is 1070 g/mol.